The molecule has 0 radical (unpaired) electrons. The minimum atomic E-state index is -0.263. The van der Waals surface area contributed by atoms with Gasteiger partial charge in [0.25, 0.3) is 0 Å². The number of carbonyl (C=O) groups is 1. The van der Waals surface area contributed by atoms with Gasteiger partial charge in [-0.3, -0.25) is 0 Å². The van der Waals surface area contributed by atoms with Crippen molar-refractivity contribution in [3.05, 3.63) is 27.3 Å². The number of urea groups is 1. The molecule has 0 aromatic heterocycles. The first-order valence-electron chi connectivity index (χ1n) is 4.43. The second kappa shape index (κ2) is 5.92. The Bertz CT molecular complexity index is 355. The molecule has 0 atom stereocenters. The third-order valence-corrected chi connectivity index (χ3v) is 2.48. The normalized spacial score (nSPS) is 9.80. The summed E-state index contributed by atoms with van der Waals surface area (Å²) in [5.74, 6) is 0. The van der Waals surface area contributed by atoms with Gasteiger partial charge in [-0.25, -0.2) is 4.79 Å². The molecule has 1 rings (SSSR count). The van der Waals surface area contributed by atoms with Crippen molar-refractivity contribution < 1.29 is 9.53 Å². The average molecular weight is 320 g/mol. The first kappa shape index (κ1) is 12.3. The predicted molar refractivity (Wildman–Crippen MR) is 67.9 cm³/mol. The van der Waals surface area contributed by atoms with Crippen molar-refractivity contribution >= 4 is 34.3 Å². The van der Waals surface area contributed by atoms with Gasteiger partial charge in [0.15, 0.2) is 0 Å². The molecular formula is C10H13IN2O2. The number of hydrogen-bond acceptors (Lipinski definition) is 2. The zero-order valence-electron chi connectivity index (χ0n) is 8.63. The van der Waals surface area contributed by atoms with Crippen LogP contribution in [-0.4, -0.2) is 19.9 Å². The van der Waals surface area contributed by atoms with Crippen LogP contribution in [0, 0.1) is 10.5 Å². The summed E-state index contributed by atoms with van der Waals surface area (Å²) in [6.07, 6.45) is 0. The van der Waals surface area contributed by atoms with E-state index in [9.17, 15) is 4.79 Å². The van der Waals surface area contributed by atoms with Gasteiger partial charge in [0.05, 0.1) is 0 Å². The fourth-order valence-corrected chi connectivity index (χ4v) is 1.72. The van der Waals surface area contributed by atoms with Gasteiger partial charge in [0, 0.05) is 16.4 Å². The molecule has 0 aliphatic rings. The Morgan fingerprint density at radius 3 is 2.87 bits per heavy atom. The van der Waals surface area contributed by atoms with Crippen LogP contribution in [0.1, 0.15) is 5.56 Å². The molecule has 0 aliphatic heterocycles. The van der Waals surface area contributed by atoms with Gasteiger partial charge >= 0.3 is 6.03 Å². The van der Waals surface area contributed by atoms with Crippen molar-refractivity contribution in [3.8, 4) is 0 Å². The summed E-state index contributed by atoms with van der Waals surface area (Å²) in [6.45, 7) is 2.16. The van der Waals surface area contributed by atoms with Crippen molar-refractivity contribution in [2.45, 2.75) is 6.92 Å². The van der Waals surface area contributed by atoms with E-state index < -0.39 is 0 Å². The Labute approximate surface area is 103 Å². The Morgan fingerprint density at radius 1 is 1.53 bits per heavy atom. The van der Waals surface area contributed by atoms with Crippen molar-refractivity contribution in [1.29, 1.82) is 0 Å². The summed E-state index contributed by atoms with van der Waals surface area (Å²) < 4.78 is 5.87. The molecule has 0 spiro atoms. The van der Waals surface area contributed by atoms with E-state index in [0.29, 0.717) is 0 Å². The van der Waals surface area contributed by atoms with Crippen molar-refractivity contribution in [2.75, 3.05) is 19.2 Å². The number of anilines is 1. The van der Waals surface area contributed by atoms with Crippen LogP contribution < -0.4 is 10.6 Å². The lowest BCUT2D eigenvalue weighted by Gasteiger charge is -2.09. The fraction of sp³-hybridized carbons (Fsp3) is 0.300. The first-order valence-corrected chi connectivity index (χ1v) is 5.51. The Hall–Kier alpha value is -0.820. The van der Waals surface area contributed by atoms with Crippen LogP contribution in [0.15, 0.2) is 18.2 Å². The molecule has 0 saturated carbocycles. The second-order valence-corrected chi connectivity index (χ2v) is 4.27. The molecule has 82 valence electrons. The lowest BCUT2D eigenvalue weighted by atomic mass is 10.2. The van der Waals surface area contributed by atoms with Gasteiger partial charge in [0.1, 0.15) is 6.73 Å². The van der Waals surface area contributed by atoms with Crippen molar-refractivity contribution in [3.63, 3.8) is 0 Å². The minimum absolute atomic E-state index is 0.204. The Kier molecular flexibility index (Phi) is 4.83. The smallest absolute Gasteiger partial charge is 0.321 e. The number of hydrogen-bond donors (Lipinski definition) is 2. The maximum atomic E-state index is 11.3. The molecule has 0 aliphatic carbocycles. The molecule has 1 aromatic rings. The largest absolute Gasteiger partial charge is 0.364 e. The molecule has 2 N–H and O–H groups in total. The number of ether oxygens (including phenoxy) is 1. The molecule has 0 fully saturated rings. The second-order valence-electron chi connectivity index (χ2n) is 3.02. The van der Waals surface area contributed by atoms with Crippen LogP contribution in [0.2, 0.25) is 0 Å². The monoisotopic (exact) mass is 320 g/mol. The van der Waals surface area contributed by atoms with E-state index in [-0.39, 0.29) is 12.8 Å². The van der Waals surface area contributed by atoms with E-state index in [0.717, 1.165) is 14.8 Å². The van der Waals surface area contributed by atoms with Gasteiger partial charge in [-0.1, -0.05) is 0 Å². The van der Waals surface area contributed by atoms with Crippen LogP contribution >= 0.6 is 22.6 Å². The number of amides is 2. The number of nitrogens with one attached hydrogen (secondary N) is 2. The van der Waals surface area contributed by atoms with Crippen LogP contribution in [0.3, 0.4) is 0 Å². The molecular weight excluding hydrogens is 307 g/mol. The average Bonchev–Trinajstić information content (AvgIpc) is 2.19. The fourth-order valence-electron chi connectivity index (χ4n) is 1.07. The summed E-state index contributed by atoms with van der Waals surface area (Å²) in [5, 5.41) is 5.29. The quantitative estimate of drug-likeness (QED) is 0.663. The van der Waals surface area contributed by atoms with E-state index in [1.54, 1.807) is 0 Å². The molecule has 5 heteroatoms. The van der Waals surface area contributed by atoms with Gasteiger partial charge in [-0.05, 0) is 53.3 Å². The molecule has 0 bridgehead atoms. The molecule has 0 unspecified atom stereocenters. The molecule has 1 aromatic carbocycles. The number of methoxy groups -OCH3 is 1. The van der Waals surface area contributed by atoms with Gasteiger partial charge in [0.2, 0.25) is 0 Å². The first-order chi connectivity index (χ1) is 7.13. The van der Waals surface area contributed by atoms with Gasteiger partial charge in [-0.2, -0.15) is 0 Å². The maximum Gasteiger partial charge on any atom is 0.321 e. The highest BCUT2D eigenvalue weighted by Gasteiger charge is 2.03. The van der Waals surface area contributed by atoms with Crippen molar-refractivity contribution in [2.24, 2.45) is 0 Å². The van der Waals surface area contributed by atoms with Gasteiger partial charge < -0.3 is 15.4 Å². The molecule has 4 nitrogen and oxygen atoms in total. The Balaban J connectivity index is 2.60. The van der Waals surface area contributed by atoms with E-state index in [4.69, 9.17) is 4.74 Å². The summed E-state index contributed by atoms with van der Waals surface area (Å²) >= 11 is 2.23. The molecule has 15 heavy (non-hydrogen) atoms. The van der Waals surface area contributed by atoms with Crippen molar-refractivity contribution in [1.82, 2.24) is 5.32 Å². The number of benzene rings is 1. The van der Waals surface area contributed by atoms with E-state index in [2.05, 4.69) is 33.2 Å². The predicted octanol–water partition coefficient (Wildman–Crippen LogP) is 2.33. The summed E-state index contributed by atoms with van der Waals surface area (Å²) in [4.78, 5) is 11.3. The van der Waals surface area contributed by atoms with Crippen LogP contribution in [0.4, 0.5) is 10.5 Å². The highest BCUT2D eigenvalue weighted by molar-refractivity contribution is 14.1. The third-order valence-electron chi connectivity index (χ3n) is 1.81. The van der Waals surface area contributed by atoms with Crippen LogP contribution in [-0.2, 0) is 4.74 Å². The molecule has 2 amide bonds. The van der Waals surface area contributed by atoms with E-state index in [1.165, 1.54) is 7.11 Å². The summed E-state index contributed by atoms with van der Waals surface area (Å²) in [7, 11) is 1.52. The van der Waals surface area contributed by atoms with Crippen LogP contribution in [0.5, 0.6) is 0 Å². The van der Waals surface area contributed by atoms with E-state index in [1.807, 2.05) is 25.1 Å². The highest BCUT2D eigenvalue weighted by atomic mass is 127. The third kappa shape index (κ3) is 4.05. The lowest BCUT2D eigenvalue weighted by molar-refractivity contribution is 0.177. The number of halogens is 1. The maximum absolute atomic E-state index is 11.3. The van der Waals surface area contributed by atoms with Gasteiger partial charge in [-0.15, -0.1) is 0 Å². The standard InChI is InChI=1S/C10H13IN2O2/c1-7-5-8(11)3-4-9(7)13-10(14)12-6-15-2/h3-5H,6H2,1-2H3,(H2,12,13,14). The number of rotatable bonds is 3. The summed E-state index contributed by atoms with van der Waals surface area (Å²) in [5.41, 5.74) is 1.85. The minimum Gasteiger partial charge on any atom is -0.364 e. The topological polar surface area (TPSA) is 50.4 Å². The zero-order valence-corrected chi connectivity index (χ0v) is 10.8. The number of carbonyl (C=O) groups excluding carboxylic acids is 1. The molecule has 0 heterocycles. The lowest BCUT2D eigenvalue weighted by Crippen LogP contribution is -2.30. The molecule has 0 saturated heterocycles. The highest BCUT2D eigenvalue weighted by Crippen LogP contribution is 2.17. The number of aryl methyl sites for hydroxylation is 1. The van der Waals surface area contributed by atoms with Crippen LogP contribution in [0.25, 0.3) is 0 Å². The SMILES string of the molecule is COCNC(=O)Nc1ccc(I)cc1C. The Morgan fingerprint density at radius 2 is 2.27 bits per heavy atom. The van der Waals surface area contributed by atoms with E-state index >= 15 is 0 Å². The zero-order chi connectivity index (χ0) is 11.3. The summed E-state index contributed by atoms with van der Waals surface area (Å²) in [6, 6.07) is 5.57.